The minimum atomic E-state index is -0.283. The van der Waals surface area contributed by atoms with Gasteiger partial charge in [0.05, 0.1) is 34.8 Å². The summed E-state index contributed by atoms with van der Waals surface area (Å²) in [5.74, 6) is 0.225. The van der Waals surface area contributed by atoms with Gasteiger partial charge in [0.25, 0.3) is 11.5 Å². The van der Waals surface area contributed by atoms with Gasteiger partial charge in [-0.25, -0.2) is 9.50 Å². The summed E-state index contributed by atoms with van der Waals surface area (Å²) in [4.78, 5) is 33.0. The lowest BCUT2D eigenvalue weighted by atomic mass is 10.1. The van der Waals surface area contributed by atoms with Crippen LogP contribution in [0.4, 0.5) is 0 Å². The van der Waals surface area contributed by atoms with E-state index in [0.717, 1.165) is 40.4 Å². The molecule has 0 saturated heterocycles. The zero-order valence-electron chi connectivity index (χ0n) is 20.3. The van der Waals surface area contributed by atoms with E-state index in [9.17, 15) is 9.59 Å². The first-order valence-corrected chi connectivity index (χ1v) is 11.9. The Bertz CT molecular complexity index is 1670. The molecule has 1 aromatic carbocycles. The zero-order valence-corrected chi connectivity index (χ0v) is 20.3. The Labute approximate surface area is 206 Å². The maximum Gasteiger partial charge on any atom is 0.277 e. The summed E-state index contributed by atoms with van der Waals surface area (Å²) in [6, 6.07) is 13.3. The highest BCUT2D eigenvalue weighted by molar-refractivity contribution is 5.93. The third kappa shape index (κ3) is 3.44. The monoisotopic (exact) mass is 483 g/mol. The third-order valence-corrected chi connectivity index (χ3v) is 6.79. The van der Waals surface area contributed by atoms with Crippen LogP contribution in [-0.2, 0) is 19.5 Å². The van der Waals surface area contributed by atoms with Gasteiger partial charge in [0, 0.05) is 37.3 Å². The highest BCUT2D eigenvalue weighted by atomic mass is 16.5. The number of H-pyrrole nitrogens is 1. The van der Waals surface area contributed by atoms with Crippen LogP contribution in [0.3, 0.4) is 0 Å². The maximum atomic E-state index is 13.3. The Morgan fingerprint density at radius 1 is 1.17 bits per heavy atom. The molecule has 0 radical (unpaired) electrons. The van der Waals surface area contributed by atoms with E-state index in [1.807, 2.05) is 61.9 Å². The van der Waals surface area contributed by atoms with Gasteiger partial charge >= 0.3 is 0 Å². The molecule has 1 N–H and O–H groups in total. The summed E-state index contributed by atoms with van der Waals surface area (Å²) in [6.07, 6.45) is 0.491. The molecule has 0 unspecified atom stereocenters. The van der Waals surface area contributed by atoms with Crippen molar-refractivity contribution in [3.63, 3.8) is 0 Å². The van der Waals surface area contributed by atoms with Crippen molar-refractivity contribution in [3.8, 4) is 22.6 Å². The fraction of sp³-hybridized carbons (Fsp3) is 0.269. The summed E-state index contributed by atoms with van der Waals surface area (Å²) >= 11 is 0. The minimum Gasteiger partial charge on any atom is -0.355 e. The van der Waals surface area contributed by atoms with E-state index in [2.05, 4.69) is 15.4 Å². The summed E-state index contributed by atoms with van der Waals surface area (Å²) in [7, 11) is 0. The van der Waals surface area contributed by atoms with Gasteiger partial charge in [-0.1, -0.05) is 35.5 Å². The van der Waals surface area contributed by atoms with Crippen molar-refractivity contribution in [3.05, 3.63) is 81.2 Å². The number of fused-ring (bicyclic) bond motifs is 2. The zero-order chi connectivity index (χ0) is 25.0. The van der Waals surface area contributed by atoms with Gasteiger partial charge in [0.2, 0.25) is 0 Å². The Balaban J connectivity index is 1.29. The molecule has 1 aliphatic heterocycles. The van der Waals surface area contributed by atoms with Gasteiger partial charge in [0.1, 0.15) is 0 Å². The second-order valence-electron chi connectivity index (χ2n) is 8.99. The molecule has 0 bridgehead atoms. The number of aromatic amines is 1. The molecule has 0 spiro atoms. The number of nitrogens with zero attached hydrogens (tertiary/aromatic N) is 6. The van der Waals surface area contributed by atoms with E-state index in [1.165, 1.54) is 4.52 Å². The van der Waals surface area contributed by atoms with Gasteiger partial charge in [0.15, 0.2) is 17.1 Å². The van der Waals surface area contributed by atoms with Crippen molar-refractivity contribution in [1.29, 1.82) is 0 Å². The normalized spacial score (nSPS) is 13.4. The molecule has 0 aliphatic carbocycles. The Hall–Kier alpha value is -4.47. The molecule has 182 valence electrons. The van der Waals surface area contributed by atoms with Crippen LogP contribution in [0.1, 0.15) is 40.1 Å². The van der Waals surface area contributed by atoms with Crippen LogP contribution in [0.15, 0.2) is 51.8 Å². The van der Waals surface area contributed by atoms with Crippen LogP contribution in [-0.4, -0.2) is 46.9 Å². The number of benzene rings is 1. The largest absolute Gasteiger partial charge is 0.355 e. The molecule has 36 heavy (non-hydrogen) atoms. The van der Waals surface area contributed by atoms with Crippen molar-refractivity contribution >= 4 is 11.6 Å². The molecule has 1 amide bonds. The molecule has 1 aliphatic rings. The second kappa shape index (κ2) is 8.33. The molecule has 5 aromatic rings. The number of nitrogens with one attached hydrogen (secondary N) is 1. The Morgan fingerprint density at radius 3 is 2.72 bits per heavy atom. The summed E-state index contributed by atoms with van der Waals surface area (Å²) < 4.78 is 8.88. The fourth-order valence-electron chi connectivity index (χ4n) is 4.94. The number of aryl methyl sites for hydroxylation is 2. The molecular formula is C26H25N7O3. The summed E-state index contributed by atoms with van der Waals surface area (Å²) in [6.45, 7) is 7.24. The van der Waals surface area contributed by atoms with Gasteiger partial charge < -0.3 is 9.42 Å². The van der Waals surface area contributed by atoms with E-state index in [4.69, 9.17) is 9.51 Å². The van der Waals surface area contributed by atoms with Gasteiger partial charge in [-0.15, -0.1) is 0 Å². The van der Waals surface area contributed by atoms with Gasteiger partial charge in [-0.05, 0) is 26.3 Å². The van der Waals surface area contributed by atoms with Crippen molar-refractivity contribution in [1.82, 2.24) is 34.4 Å². The lowest BCUT2D eigenvalue weighted by molar-refractivity contribution is 0.0722. The average molecular weight is 484 g/mol. The van der Waals surface area contributed by atoms with E-state index in [1.54, 1.807) is 11.0 Å². The van der Waals surface area contributed by atoms with Gasteiger partial charge in [-0.3, -0.25) is 19.4 Å². The highest BCUT2D eigenvalue weighted by Gasteiger charge is 2.29. The molecular weight excluding hydrogens is 458 g/mol. The highest BCUT2D eigenvalue weighted by Crippen LogP contribution is 2.28. The molecule has 4 aromatic heterocycles. The SMILES string of the molecule is CCn1nc(C)c(-c2cc(C(=O)N3CCc4nc5cc(-c6ccccc6)[nH]n5c(=O)c4C3)no2)c1C. The van der Waals surface area contributed by atoms with Crippen LogP contribution in [0.5, 0.6) is 0 Å². The van der Waals surface area contributed by atoms with E-state index < -0.39 is 0 Å². The predicted octanol–water partition coefficient (Wildman–Crippen LogP) is 3.38. The maximum absolute atomic E-state index is 13.3. The number of hydrogen-bond acceptors (Lipinski definition) is 6. The molecule has 10 heteroatoms. The number of rotatable bonds is 4. The summed E-state index contributed by atoms with van der Waals surface area (Å²) in [5, 5.41) is 11.7. The van der Waals surface area contributed by atoms with Crippen molar-refractivity contribution in [2.24, 2.45) is 0 Å². The fourth-order valence-corrected chi connectivity index (χ4v) is 4.94. The van der Waals surface area contributed by atoms with Crippen molar-refractivity contribution in [2.45, 2.75) is 40.3 Å². The Kier molecular flexibility index (Phi) is 5.10. The molecule has 0 saturated carbocycles. The topological polar surface area (TPSA) is 114 Å². The lowest BCUT2D eigenvalue weighted by Gasteiger charge is -2.26. The number of carbonyl (C=O) groups excluding carboxylic acids is 1. The molecule has 6 rings (SSSR count). The average Bonchev–Trinajstić information content (AvgIpc) is 3.61. The number of aromatic nitrogens is 6. The van der Waals surface area contributed by atoms with E-state index in [-0.39, 0.29) is 23.7 Å². The van der Waals surface area contributed by atoms with Crippen LogP contribution >= 0.6 is 0 Å². The smallest absolute Gasteiger partial charge is 0.277 e. The summed E-state index contributed by atoms with van der Waals surface area (Å²) in [5.41, 5.74) is 6.20. The number of hydrogen-bond donors (Lipinski definition) is 1. The Morgan fingerprint density at radius 2 is 1.97 bits per heavy atom. The molecule has 0 fully saturated rings. The van der Waals surface area contributed by atoms with E-state index in [0.29, 0.717) is 29.9 Å². The molecule has 10 nitrogen and oxygen atoms in total. The van der Waals surface area contributed by atoms with Gasteiger partial charge in [-0.2, -0.15) is 5.10 Å². The lowest BCUT2D eigenvalue weighted by Crippen LogP contribution is -2.40. The van der Waals surface area contributed by atoms with Crippen molar-refractivity contribution < 1.29 is 9.32 Å². The van der Waals surface area contributed by atoms with Crippen molar-refractivity contribution in [2.75, 3.05) is 6.54 Å². The van der Waals surface area contributed by atoms with Crippen LogP contribution < -0.4 is 5.56 Å². The standard InChI is InChI=1S/C26H25N7O3/c1-4-32-16(3)24(15(2)28-32)22-12-21(30-36-22)26(35)31-11-10-19-18(14-31)25(34)33-23(27-19)13-20(29-33)17-8-6-5-7-9-17/h5-9,12-13,29H,4,10-11,14H2,1-3H3. The number of amides is 1. The third-order valence-electron chi connectivity index (χ3n) is 6.79. The van der Waals surface area contributed by atoms with Crippen LogP contribution in [0, 0.1) is 13.8 Å². The minimum absolute atomic E-state index is 0.163. The second-order valence-corrected chi connectivity index (χ2v) is 8.99. The van der Waals surface area contributed by atoms with Crippen LogP contribution in [0.2, 0.25) is 0 Å². The first kappa shape index (κ1) is 22.0. The number of carbonyl (C=O) groups is 1. The molecule has 5 heterocycles. The first-order valence-electron chi connectivity index (χ1n) is 11.9. The quantitative estimate of drug-likeness (QED) is 0.419. The predicted molar refractivity (Wildman–Crippen MR) is 133 cm³/mol. The molecule has 0 atom stereocenters. The van der Waals surface area contributed by atoms with E-state index >= 15 is 0 Å². The van der Waals surface area contributed by atoms with Crippen LogP contribution in [0.25, 0.3) is 28.2 Å². The first-order chi connectivity index (χ1) is 17.4.